The third kappa shape index (κ3) is 2.29. The van der Waals surface area contributed by atoms with Crippen molar-refractivity contribution in [3.05, 3.63) is 11.5 Å². The highest BCUT2D eigenvalue weighted by Gasteiger charge is 2.10. The number of hydrogen-bond acceptors (Lipinski definition) is 4. The molecule has 0 spiro atoms. The lowest BCUT2D eigenvalue weighted by molar-refractivity contribution is -0.116. The molecule has 0 radical (unpaired) electrons. The number of nitrogens with zero attached hydrogens (tertiary/aromatic N) is 1. The molecule has 5 nitrogen and oxygen atoms in total. The summed E-state index contributed by atoms with van der Waals surface area (Å²) in [6.45, 7) is 3.86. The molecular formula is C8H13N3O2. The van der Waals surface area contributed by atoms with E-state index < -0.39 is 0 Å². The van der Waals surface area contributed by atoms with E-state index >= 15 is 0 Å². The van der Waals surface area contributed by atoms with Crippen LogP contribution in [0.1, 0.15) is 17.9 Å². The summed E-state index contributed by atoms with van der Waals surface area (Å²) in [4.78, 5) is 11.2. The van der Waals surface area contributed by atoms with Crippen LogP contribution in [0.2, 0.25) is 0 Å². The fraction of sp³-hybridized carbons (Fsp3) is 0.500. The summed E-state index contributed by atoms with van der Waals surface area (Å²) in [5.41, 5.74) is 6.57. The molecule has 5 heteroatoms. The molecule has 1 aromatic heterocycles. The van der Waals surface area contributed by atoms with E-state index in [4.69, 9.17) is 10.3 Å². The Labute approximate surface area is 76.3 Å². The van der Waals surface area contributed by atoms with Crippen molar-refractivity contribution in [2.24, 2.45) is 5.73 Å². The number of rotatable bonds is 3. The summed E-state index contributed by atoms with van der Waals surface area (Å²) in [6.07, 6.45) is 0.310. The number of hydrogen-bond donors (Lipinski definition) is 2. The molecule has 1 rings (SSSR count). The summed E-state index contributed by atoms with van der Waals surface area (Å²) in [5.74, 6) is 0.500. The van der Waals surface area contributed by atoms with E-state index in [1.165, 1.54) is 0 Å². The number of nitrogens with two attached hydrogens (primary N) is 1. The lowest BCUT2D eigenvalue weighted by atomic mass is 10.3. The molecule has 0 aliphatic heterocycles. The van der Waals surface area contributed by atoms with Crippen LogP contribution in [0.3, 0.4) is 0 Å². The molecular weight excluding hydrogens is 170 g/mol. The first-order valence-electron chi connectivity index (χ1n) is 4.08. The smallest absolute Gasteiger partial charge is 0.225 e. The maximum atomic E-state index is 11.2. The standard InChI is InChI=1S/C8H13N3O2/c1-5-8(6(2)13-11-5)10-7(12)3-4-9/h3-4,9H2,1-2H3,(H,10,12). The molecule has 0 unspecified atom stereocenters. The molecule has 1 amide bonds. The van der Waals surface area contributed by atoms with Gasteiger partial charge in [-0.05, 0) is 13.8 Å². The van der Waals surface area contributed by atoms with E-state index in [2.05, 4.69) is 10.5 Å². The normalized spacial score (nSPS) is 10.1. The van der Waals surface area contributed by atoms with Crippen molar-refractivity contribution in [2.75, 3.05) is 11.9 Å². The highest BCUT2D eigenvalue weighted by molar-refractivity contribution is 5.91. The van der Waals surface area contributed by atoms with Gasteiger partial charge in [-0.1, -0.05) is 5.16 Å². The van der Waals surface area contributed by atoms with Crippen molar-refractivity contribution in [3.63, 3.8) is 0 Å². The van der Waals surface area contributed by atoms with Gasteiger partial charge >= 0.3 is 0 Å². The fourth-order valence-electron chi connectivity index (χ4n) is 0.994. The van der Waals surface area contributed by atoms with E-state index in [1.54, 1.807) is 13.8 Å². The van der Waals surface area contributed by atoms with Gasteiger partial charge in [0.05, 0.1) is 0 Å². The minimum absolute atomic E-state index is 0.114. The molecule has 0 aromatic carbocycles. The molecule has 3 N–H and O–H groups in total. The van der Waals surface area contributed by atoms with Crippen molar-refractivity contribution in [1.82, 2.24) is 5.16 Å². The third-order valence-corrected chi connectivity index (χ3v) is 1.67. The van der Waals surface area contributed by atoms with Crippen molar-refractivity contribution >= 4 is 11.6 Å². The number of aryl methyl sites for hydroxylation is 2. The van der Waals surface area contributed by atoms with Crippen LogP contribution in [0.25, 0.3) is 0 Å². The topological polar surface area (TPSA) is 81.2 Å². The summed E-state index contributed by atoms with van der Waals surface area (Å²) < 4.78 is 4.88. The number of aromatic nitrogens is 1. The molecule has 0 atom stereocenters. The van der Waals surface area contributed by atoms with E-state index in [9.17, 15) is 4.79 Å². The van der Waals surface area contributed by atoms with Crippen LogP contribution in [-0.2, 0) is 4.79 Å². The second kappa shape index (κ2) is 4.04. The van der Waals surface area contributed by atoms with Crippen LogP contribution in [-0.4, -0.2) is 17.6 Å². The van der Waals surface area contributed by atoms with Crippen molar-refractivity contribution in [1.29, 1.82) is 0 Å². The highest BCUT2D eigenvalue weighted by atomic mass is 16.5. The van der Waals surface area contributed by atoms with Crippen LogP contribution >= 0.6 is 0 Å². The molecule has 0 bridgehead atoms. The van der Waals surface area contributed by atoms with Crippen LogP contribution < -0.4 is 11.1 Å². The molecule has 0 saturated carbocycles. The Morgan fingerprint density at radius 2 is 2.31 bits per heavy atom. The predicted octanol–water partition coefficient (Wildman–Crippen LogP) is 0.579. The maximum absolute atomic E-state index is 11.2. The monoisotopic (exact) mass is 183 g/mol. The first-order valence-corrected chi connectivity index (χ1v) is 4.08. The van der Waals surface area contributed by atoms with Crippen LogP contribution in [0, 0.1) is 13.8 Å². The zero-order valence-electron chi connectivity index (χ0n) is 7.76. The number of anilines is 1. The van der Waals surface area contributed by atoms with E-state index in [0.29, 0.717) is 30.1 Å². The van der Waals surface area contributed by atoms with Gasteiger partial charge in [-0.15, -0.1) is 0 Å². The van der Waals surface area contributed by atoms with Gasteiger partial charge in [0.2, 0.25) is 5.91 Å². The van der Waals surface area contributed by atoms with Gasteiger partial charge in [0, 0.05) is 13.0 Å². The summed E-state index contributed by atoms with van der Waals surface area (Å²) in [6, 6.07) is 0. The molecule has 0 aliphatic rings. The SMILES string of the molecule is Cc1noc(C)c1NC(=O)CCN. The Kier molecular flexibility index (Phi) is 3.02. The highest BCUT2D eigenvalue weighted by Crippen LogP contribution is 2.18. The second-order valence-electron chi connectivity index (χ2n) is 2.79. The molecule has 0 aliphatic carbocycles. The van der Waals surface area contributed by atoms with Gasteiger partial charge in [0.15, 0.2) is 5.76 Å². The Balaban J connectivity index is 2.68. The number of amides is 1. The third-order valence-electron chi connectivity index (χ3n) is 1.67. The van der Waals surface area contributed by atoms with Gasteiger partial charge in [-0.3, -0.25) is 4.79 Å². The Morgan fingerprint density at radius 1 is 1.62 bits per heavy atom. The minimum atomic E-state index is -0.114. The van der Waals surface area contributed by atoms with Gasteiger partial charge in [0.1, 0.15) is 11.4 Å². The zero-order chi connectivity index (χ0) is 9.84. The quantitative estimate of drug-likeness (QED) is 0.718. The van der Waals surface area contributed by atoms with Gasteiger partial charge < -0.3 is 15.6 Å². The van der Waals surface area contributed by atoms with Gasteiger partial charge in [0.25, 0.3) is 0 Å². The Bertz CT molecular complexity index is 287. The average molecular weight is 183 g/mol. The summed E-state index contributed by atoms with van der Waals surface area (Å²) in [7, 11) is 0. The number of carbonyl (C=O) groups is 1. The number of carbonyl (C=O) groups excluding carboxylic acids is 1. The van der Waals surface area contributed by atoms with Crippen LogP contribution in [0.15, 0.2) is 4.52 Å². The number of nitrogens with one attached hydrogen (secondary N) is 1. The Hall–Kier alpha value is -1.36. The fourth-order valence-corrected chi connectivity index (χ4v) is 0.994. The van der Waals surface area contributed by atoms with E-state index in [0.717, 1.165) is 0 Å². The lowest BCUT2D eigenvalue weighted by Gasteiger charge is -2.01. The maximum Gasteiger partial charge on any atom is 0.225 e. The van der Waals surface area contributed by atoms with Gasteiger partial charge in [-0.25, -0.2) is 0 Å². The first-order chi connectivity index (χ1) is 6.15. The second-order valence-corrected chi connectivity index (χ2v) is 2.79. The van der Waals surface area contributed by atoms with Crippen molar-refractivity contribution in [2.45, 2.75) is 20.3 Å². The molecule has 13 heavy (non-hydrogen) atoms. The minimum Gasteiger partial charge on any atom is -0.359 e. The van der Waals surface area contributed by atoms with E-state index in [-0.39, 0.29) is 5.91 Å². The van der Waals surface area contributed by atoms with E-state index in [1.807, 2.05) is 0 Å². The van der Waals surface area contributed by atoms with Crippen molar-refractivity contribution < 1.29 is 9.32 Å². The molecule has 1 heterocycles. The molecule has 0 saturated heterocycles. The predicted molar refractivity (Wildman–Crippen MR) is 48.3 cm³/mol. The summed E-state index contributed by atoms with van der Waals surface area (Å²) >= 11 is 0. The van der Waals surface area contributed by atoms with Crippen molar-refractivity contribution in [3.8, 4) is 0 Å². The largest absolute Gasteiger partial charge is 0.359 e. The first kappa shape index (κ1) is 9.73. The average Bonchev–Trinajstić information content (AvgIpc) is 2.36. The molecule has 0 fully saturated rings. The lowest BCUT2D eigenvalue weighted by Crippen LogP contribution is -2.16. The summed E-state index contributed by atoms with van der Waals surface area (Å²) in [5, 5.41) is 6.39. The Morgan fingerprint density at radius 3 is 2.77 bits per heavy atom. The van der Waals surface area contributed by atoms with Gasteiger partial charge in [-0.2, -0.15) is 0 Å². The van der Waals surface area contributed by atoms with Crippen LogP contribution in [0.5, 0.6) is 0 Å². The van der Waals surface area contributed by atoms with Crippen LogP contribution in [0.4, 0.5) is 5.69 Å². The molecule has 1 aromatic rings. The molecule has 72 valence electrons. The zero-order valence-corrected chi connectivity index (χ0v) is 7.76.